The molecule has 0 aromatic heterocycles. The maximum atomic E-state index is 13.9. The summed E-state index contributed by atoms with van der Waals surface area (Å²) < 4.78 is 13.9. The van der Waals surface area contributed by atoms with Crippen LogP contribution in [-0.4, -0.2) is 31.3 Å². The first kappa shape index (κ1) is 15.9. The van der Waals surface area contributed by atoms with Gasteiger partial charge in [0.2, 0.25) is 0 Å². The molecule has 0 aliphatic heterocycles. The monoisotopic (exact) mass is 268 g/mol. The van der Waals surface area contributed by atoms with E-state index in [9.17, 15) is 9.50 Å². The molecule has 1 aromatic carbocycles. The number of nitrogens with one attached hydrogen (secondary N) is 1. The second-order valence-electron chi connectivity index (χ2n) is 5.49. The highest BCUT2D eigenvalue weighted by molar-refractivity contribution is 5.53. The van der Waals surface area contributed by atoms with Crippen LogP contribution >= 0.6 is 0 Å². The number of benzene rings is 1. The van der Waals surface area contributed by atoms with Crippen molar-refractivity contribution in [3.8, 4) is 0 Å². The standard InChI is InChI=1S/C15H25FN2O/c1-11(2)8-17-9-13-14(16)6-5-7-15(13)18(4)10-12(3)19/h5-7,11-12,17,19H,8-10H2,1-4H3. The average Bonchev–Trinajstić information content (AvgIpc) is 2.29. The molecular weight excluding hydrogens is 243 g/mol. The van der Waals surface area contributed by atoms with Gasteiger partial charge in [0.05, 0.1) is 6.10 Å². The van der Waals surface area contributed by atoms with Gasteiger partial charge in [0.1, 0.15) is 5.82 Å². The molecular formula is C15H25FN2O. The summed E-state index contributed by atoms with van der Waals surface area (Å²) in [6, 6.07) is 5.07. The summed E-state index contributed by atoms with van der Waals surface area (Å²) in [6.07, 6.45) is -0.440. The number of aliphatic hydroxyl groups excluding tert-OH is 1. The quantitative estimate of drug-likeness (QED) is 0.797. The number of rotatable bonds is 7. The lowest BCUT2D eigenvalue weighted by Gasteiger charge is -2.24. The van der Waals surface area contributed by atoms with Gasteiger partial charge in [-0.05, 0) is 31.5 Å². The van der Waals surface area contributed by atoms with E-state index in [0.717, 1.165) is 12.2 Å². The molecule has 4 heteroatoms. The van der Waals surface area contributed by atoms with Gasteiger partial charge >= 0.3 is 0 Å². The van der Waals surface area contributed by atoms with Crippen molar-refractivity contribution in [2.45, 2.75) is 33.4 Å². The average molecular weight is 268 g/mol. The van der Waals surface area contributed by atoms with Crippen LogP contribution in [0.5, 0.6) is 0 Å². The van der Waals surface area contributed by atoms with Crippen molar-refractivity contribution in [3.05, 3.63) is 29.6 Å². The molecule has 108 valence electrons. The van der Waals surface area contributed by atoms with Gasteiger partial charge in [-0.15, -0.1) is 0 Å². The van der Waals surface area contributed by atoms with Crippen molar-refractivity contribution >= 4 is 5.69 Å². The minimum Gasteiger partial charge on any atom is -0.392 e. The zero-order chi connectivity index (χ0) is 14.4. The Hall–Kier alpha value is -1.13. The number of nitrogens with zero attached hydrogens (tertiary/aromatic N) is 1. The second kappa shape index (κ2) is 7.46. The van der Waals surface area contributed by atoms with Crippen LogP contribution in [0.4, 0.5) is 10.1 Å². The van der Waals surface area contributed by atoms with E-state index < -0.39 is 6.10 Å². The van der Waals surface area contributed by atoms with E-state index in [0.29, 0.717) is 24.6 Å². The molecule has 1 atom stereocenters. The SMILES string of the molecule is CC(C)CNCc1c(F)cccc1N(C)CC(C)O. The molecule has 19 heavy (non-hydrogen) atoms. The van der Waals surface area contributed by atoms with Gasteiger partial charge in [-0.3, -0.25) is 0 Å². The lowest BCUT2D eigenvalue weighted by atomic mass is 10.1. The Labute approximate surface area is 115 Å². The summed E-state index contributed by atoms with van der Waals surface area (Å²) in [5, 5.41) is 12.7. The molecule has 2 N–H and O–H groups in total. The van der Waals surface area contributed by atoms with Crippen LogP contribution in [0.1, 0.15) is 26.3 Å². The smallest absolute Gasteiger partial charge is 0.129 e. The first-order valence-electron chi connectivity index (χ1n) is 6.79. The number of hydrogen-bond donors (Lipinski definition) is 2. The molecule has 0 saturated heterocycles. The molecule has 0 aliphatic carbocycles. The van der Waals surface area contributed by atoms with Gasteiger partial charge in [0, 0.05) is 31.4 Å². The van der Waals surface area contributed by atoms with Crippen LogP contribution in [0.2, 0.25) is 0 Å². The van der Waals surface area contributed by atoms with Crippen molar-refractivity contribution in [2.75, 3.05) is 25.0 Å². The summed E-state index contributed by atoms with van der Waals surface area (Å²) in [6.45, 7) is 7.81. The zero-order valence-electron chi connectivity index (χ0n) is 12.3. The zero-order valence-corrected chi connectivity index (χ0v) is 12.3. The van der Waals surface area contributed by atoms with E-state index in [4.69, 9.17) is 0 Å². The van der Waals surface area contributed by atoms with E-state index in [1.807, 2.05) is 18.0 Å². The Morgan fingerprint density at radius 1 is 1.32 bits per heavy atom. The molecule has 0 heterocycles. The summed E-state index contributed by atoms with van der Waals surface area (Å²) in [5.74, 6) is 0.330. The molecule has 0 amide bonds. The fraction of sp³-hybridized carbons (Fsp3) is 0.600. The fourth-order valence-corrected chi connectivity index (χ4v) is 2.06. The van der Waals surface area contributed by atoms with Crippen LogP contribution < -0.4 is 10.2 Å². The first-order chi connectivity index (χ1) is 8.91. The summed E-state index contributed by atoms with van der Waals surface area (Å²) in [4.78, 5) is 1.89. The Balaban J connectivity index is 2.82. The molecule has 0 fully saturated rings. The third kappa shape index (κ3) is 5.17. The van der Waals surface area contributed by atoms with E-state index in [2.05, 4.69) is 19.2 Å². The molecule has 1 aromatic rings. The fourth-order valence-electron chi connectivity index (χ4n) is 2.06. The topological polar surface area (TPSA) is 35.5 Å². The highest BCUT2D eigenvalue weighted by Gasteiger charge is 2.13. The van der Waals surface area contributed by atoms with E-state index >= 15 is 0 Å². The summed E-state index contributed by atoms with van der Waals surface area (Å²) >= 11 is 0. The molecule has 3 nitrogen and oxygen atoms in total. The highest BCUT2D eigenvalue weighted by atomic mass is 19.1. The van der Waals surface area contributed by atoms with Gasteiger partial charge < -0.3 is 15.3 Å². The van der Waals surface area contributed by atoms with Crippen molar-refractivity contribution in [3.63, 3.8) is 0 Å². The van der Waals surface area contributed by atoms with Crippen molar-refractivity contribution in [1.29, 1.82) is 0 Å². The van der Waals surface area contributed by atoms with Crippen molar-refractivity contribution < 1.29 is 9.50 Å². The number of halogens is 1. The molecule has 0 saturated carbocycles. The van der Waals surface area contributed by atoms with Gasteiger partial charge in [0.25, 0.3) is 0 Å². The molecule has 1 rings (SSSR count). The Bertz CT molecular complexity index is 394. The normalized spacial score (nSPS) is 12.8. The van der Waals surface area contributed by atoms with E-state index in [-0.39, 0.29) is 5.82 Å². The first-order valence-corrected chi connectivity index (χ1v) is 6.79. The maximum Gasteiger partial charge on any atom is 0.129 e. The van der Waals surface area contributed by atoms with Gasteiger partial charge in [-0.1, -0.05) is 19.9 Å². The molecule has 0 spiro atoms. The summed E-state index contributed by atoms with van der Waals surface area (Å²) in [7, 11) is 1.87. The van der Waals surface area contributed by atoms with Crippen LogP contribution in [0, 0.1) is 11.7 Å². The Morgan fingerprint density at radius 3 is 2.58 bits per heavy atom. The Kier molecular flexibility index (Phi) is 6.25. The van der Waals surface area contributed by atoms with Gasteiger partial charge in [0.15, 0.2) is 0 Å². The largest absolute Gasteiger partial charge is 0.392 e. The lowest BCUT2D eigenvalue weighted by molar-refractivity contribution is 0.201. The van der Waals surface area contributed by atoms with Crippen molar-refractivity contribution in [1.82, 2.24) is 5.32 Å². The second-order valence-corrected chi connectivity index (χ2v) is 5.49. The van der Waals surface area contributed by atoms with E-state index in [1.165, 1.54) is 6.07 Å². The third-order valence-electron chi connectivity index (χ3n) is 2.90. The number of hydrogen-bond acceptors (Lipinski definition) is 3. The third-order valence-corrected chi connectivity index (χ3v) is 2.90. The van der Waals surface area contributed by atoms with Gasteiger partial charge in [-0.25, -0.2) is 4.39 Å². The number of aliphatic hydroxyl groups is 1. The summed E-state index contributed by atoms with van der Waals surface area (Å²) in [5.41, 5.74) is 1.49. The highest BCUT2D eigenvalue weighted by Crippen LogP contribution is 2.22. The van der Waals surface area contributed by atoms with Gasteiger partial charge in [-0.2, -0.15) is 0 Å². The molecule has 1 unspecified atom stereocenters. The van der Waals surface area contributed by atoms with Crippen LogP contribution in [0.15, 0.2) is 18.2 Å². The minimum absolute atomic E-state index is 0.203. The molecule has 0 radical (unpaired) electrons. The minimum atomic E-state index is -0.440. The van der Waals surface area contributed by atoms with Crippen molar-refractivity contribution in [2.24, 2.45) is 5.92 Å². The van der Waals surface area contributed by atoms with Crippen LogP contribution in [-0.2, 0) is 6.54 Å². The predicted octanol–water partition coefficient (Wildman–Crippen LogP) is 2.39. The lowest BCUT2D eigenvalue weighted by Crippen LogP contribution is -2.29. The van der Waals surface area contributed by atoms with E-state index in [1.54, 1.807) is 13.0 Å². The maximum absolute atomic E-state index is 13.9. The molecule has 0 aliphatic rings. The Morgan fingerprint density at radius 2 is 2.00 bits per heavy atom. The van der Waals surface area contributed by atoms with Crippen LogP contribution in [0.25, 0.3) is 0 Å². The number of likely N-dealkylation sites (N-methyl/N-ethyl adjacent to an activating group) is 1. The predicted molar refractivity (Wildman–Crippen MR) is 77.9 cm³/mol. The van der Waals surface area contributed by atoms with Crippen LogP contribution in [0.3, 0.4) is 0 Å². The number of anilines is 1. The molecule has 0 bridgehead atoms.